The van der Waals surface area contributed by atoms with Gasteiger partial charge in [-0.25, -0.2) is 4.39 Å². The predicted molar refractivity (Wildman–Crippen MR) is 124 cm³/mol. The van der Waals surface area contributed by atoms with Crippen LogP contribution in [0.4, 0.5) is 23.2 Å². The average molecular weight is 531 g/mol. The van der Waals surface area contributed by atoms with Crippen LogP contribution in [-0.2, 0) is 17.5 Å². The summed E-state index contributed by atoms with van der Waals surface area (Å²) in [4.78, 5) is 16.6. The van der Waals surface area contributed by atoms with Crippen molar-refractivity contribution in [1.29, 1.82) is 0 Å². The van der Waals surface area contributed by atoms with Crippen LogP contribution >= 0.6 is 23.2 Å². The first-order valence-electron chi connectivity index (χ1n) is 10.5. The lowest BCUT2D eigenvalue weighted by molar-refractivity contribution is -0.142. The summed E-state index contributed by atoms with van der Waals surface area (Å²) < 4.78 is 60.3. The first-order chi connectivity index (χ1) is 16.6. The molecule has 4 rings (SSSR count). The van der Waals surface area contributed by atoms with E-state index in [1.54, 1.807) is 17.0 Å². The van der Waals surface area contributed by atoms with Crippen LogP contribution < -0.4 is 9.64 Å². The zero-order chi connectivity index (χ0) is 25.3. The summed E-state index contributed by atoms with van der Waals surface area (Å²) in [6.45, 7) is 1.22. The van der Waals surface area contributed by atoms with Crippen molar-refractivity contribution in [3.8, 4) is 17.0 Å². The van der Waals surface area contributed by atoms with Crippen LogP contribution in [0, 0.1) is 5.82 Å². The summed E-state index contributed by atoms with van der Waals surface area (Å²) in [5.41, 5.74) is -0.529. The van der Waals surface area contributed by atoms with Gasteiger partial charge in [-0.2, -0.15) is 18.3 Å². The van der Waals surface area contributed by atoms with Crippen LogP contribution in [0.15, 0.2) is 42.5 Å². The third-order valence-electron chi connectivity index (χ3n) is 5.68. The fourth-order valence-electron chi connectivity index (χ4n) is 3.93. The molecule has 0 radical (unpaired) electrons. The van der Waals surface area contributed by atoms with E-state index in [0.717, 1.165) is 22.5 Å². The molecule has 1 aliphatic rings. The highest BCUT2D eigenvalue weighted by Crippen LogP contribution is 2.40. The highest BCUT2D eigenvalue weighted by molar-refractivity contribution is 6.34. The molecule has 0 aliphatic carbocycles. The van der Waals surface area contributed by atoms with Gasteiger partial charge < -0.3 is 14.5 Å². The smallest absolute Gasteiger partial charge is 0.436 e. The van der Waals surface area contributed by atoms with Crippen molar-refractivity contribution in [2.24, 2.45) is 0 Å². The number of aromatic nitrogens is 2. The lowest BCUT2D eigenvalue weighted by Gasteiger charge is -2.36. The second kappa shape index (κ2) is 9.94. The molecule has 1 saturated heterocycles. The number of ether oxygens (including phenoxy) is 1. The van der Waals surface area contributed by atoms with Gasteiger partial charge in [0.1, 0.15) is 18.1 Å². The summed E-state index contributed by atoms with van der Waals surface area (Å²) in [6.07, 6.45) is -4.83. The van der Waals surface area contributed by atoms with E-state index >= 15 is 0 Å². The Labute approximate surface area is 208 Å². The molecule has 2 aromatic carbocycles. The van der Waals surface area contributed by atoms with E-state index in [9.17, 15) is 22.4 Å². The molecule has 0 spiro atoms. The number of piperazine rings is 1. The van der Waals surface area contributed by atoms with Crippen molar-refractivity contribution >= 4 is 34.8 Å². The van der Waals surface area contributed by atoms with Crippen LogP contribution in [-0.4, -0.2) is 53.9 Å². The van der Waals surface area contributed by atoms with Gasteiger partial charge in [-0.15, -0.1) is 0 Å². The molecule has 0 bridgehead atoms. The Morgan fingerprint density at radius 1 is 1.09 bits per heavy atom. The molecule has 12 heteroatoms. The first kappa shape index (κ1) is 25.1. The molecule has 0 unspecified atom stereocenters. The molecule has 1 aromatic heterocycles. The SMILES string of the molecule is COc1cc(N2CCN(C(=O)Cn3nc(C(F)(F)F)c(Cl)c3-c3cccc(F)c3)CC2)ccc1Cl. The Morgan fingerprint density at radius 2 is 1.80 bits per heavy atom. The first-order valence-corrected chi connectivity index (χ1v) is 11.3. The van der Waals surface area contributed by atoms with Crippen LogP contribution in [0.1, 0.15) is 5.69 Å². The number of hydrogen-bond acceptors (Lipinski definition) is 4. The van der Waals surface area contributed by atoms with Gasteiger partial charge in [0.05, 0.1) is 22.8 Å². The molecule has 35 heavy (non-hydrogen) atoms. The Morgan fingerprint density at radius 3 is 2.43 bits per heavy atom. The molecule has 1 fully saturated rings. The number of anilines is 1. The number of halogens is 6. The van der Waals surface area contributed by atoms with Crippen molar-refractivity contribution in [3.63, 3.8) is 0 Å². The van der Waals surface area contributed by atoms with Crippen molar-refractivity contribution < 1.29 is 27.1 Å². The second-order valence-electron chi connectivity index (χ2n) is 7.86. The normalized spacial score (nSPS) is 14.4. The summed E-state index contributed by atoms with van der Waals surface area (Å²) in [6, 6.07) is 10.3. The van der Waals surface area contributed by atoms with Gasteiger partial charge in [0.15, 0.2) is 5.69 Å². The maximum absolute atomic E-state index is 13.8. The molecule has 1 aliphatic heterocycles. The van der Waals surface area contributed by atoms with Gasteiger partial charge in [-0.05, 0) is 24.3 Å². The lowest BCUT2D eigenvalue weighted by Crippen LogP contribution is -2.49. The maximum atomic E-state index is 13.8. The molecule has 6 nitrogen and oxygen atoms in total. The minimum Gasteiger partial charge on any atom is -0.495 e. The zero-order valence-electron chi connectivity index (χ0n) is 18.5. The highest BCUT2D eigenvalue weighted by Gasteiger charge is 2.39. The largest absolute Gasteiger partial charge is 0.495 e. The van der Waals surface area contributed by atoms with Gasteiger partial charge in [0.25, 0.3) is 0 Å². The Bertz CT molecular complexity index is 1240. The van der Waals surface area contributed by atoms with E-state index < -0.39 is 35.2 Å². The maximum Gasteiger partial charge on any atom is 0.436 e. The fraction of sp³-hybridized carbons (Fsp3) is 0.304. The summed E-state index contributed by atoms with van der Waals surface area (Å²) in [5, 5.41) is 3.36. The fourth-order valence-corrected chi connectivity index (χ4v) is 4.48. The summed E-state index contributed by atoms with van der Waals surface area (Å²) >= 11 is 12.1. The van der Waals surface area contributed by atoms with Crippen molar-refractivity contribution in [2.75, 3.05) is 38.2 Å². The molecule has 0 N–H and O–H groups in total. The molecular weight excluding hydrogens is 511 g/mol. The number of carbonyl (C=O) groups excluding carboxylic acids is 1. The number of nitrogens with zero attached hydrogens (tertiary/aromatic N) is 4. The minimum atomic E-state index is -4.83. The number of benzene rings is 2. The number of carbonyl (C=O) groups is 1. The number of alkyl halides is 3. The van der Waals surface area contributed by atoms with E-state index in [-0.39, 0.29) is 11.3 Å². The van der Waals surface area contributed by atoms with E-state index in [0.29, 0.717) is 37.0 Å². The van der Waals surface area contributed by atoms with Crippen LogP contribution in [0.5, 0.6) is 5.75 Å². The third kappa shape index (κ3) is 5.33. The molecule has 186 valence electrons. The van der Waals surface area contributed by atoms with Gasteiger partial charge in [0.2, 0.25) is 5.91 Å². The van der Waals surface area contributed by atoms with Crippen molar-refractivity contribution in [3.05, 3.63) is 64.0 Å². The van der Waals surface area contributed by atoms with E-state index in [2.05, 4.69) is 5.10 Å². The van der Waals surface area contributed by atoms with E-state index in [1.807, 2.05) is 11.0 Å². The van der Waals surface area contributed by atoms with Crippen molar-refractivity contribution in [2.45, 2.75) is 12.7 Å². The van der Waals surface area contributed by atoms with Gasteiger partial charge >= 0.3 is 6.18 Å². The Kier molecular flexibility index (Phi) is 7.14. The topological polar surface area (TPSA) is 50.6 Å². The minimum absolute atomic E-state index is 0.0901. The number of amides is 1. The molecule has 0 saturated carbocycles. The quantitative estimate of drug-likeness (QED) is 0.416. The summed E-state index contributed by atoms with van der Waals surface area (Å²) in [5.74, 6) is -0.548. The molecule has 1 amide bonds. The van der Waals surface area contributed by atoms with Gasteiger partial charge in [-0.3, -0.25) is 9.48 Å². The zero-order valence-corrected chi connectivity index (χ0v) is 20.0. The number of rotatable bonds is 5. The highest BCUT2D eigenvalue weighted by atomic mass is 35.5. The van der Waals surface area contributed by atoms with E-state index in [1.165, 1.54) is 19.2 Å². The molecular formula is C23H20Cl2F4N4O2. The monoisotopic (exact) mass is 530 g/mol. The second-order valence-corrected chi connectivity index (χ2v) is 8.65. The average Bonchev–Trinajstić information content (AvgIpc) is 3.15. The Balaban J connectivity index is 1.52. The van der Waals surface area contributed by atoms with Crippen LogP contribution in [0.25, 0.3) is 11.3 Å². The van der Waals surface area contributed by atoms with Crippen LogP contribution in [0.3, 0.4) is 0 Å². The molecule has 0 atom stereocenters. The van der Waals surface area contributed by atoms with Crippen LogP contribution in [0.2, 0.25) is 10.0 Å². The lowest BCUT2D eigenvalue weighted by atomic mass is 10.1. The predicted octanol–water partition coefficient (Wildman–Crippen LogP) is 5.37. The standard InChI is InChI=1S/C23H20Cl2F4N4O2/c1-35-18-12-16(5-6-17(18)24)31-7-9-32(10-8-31)19(34)13-33-21(14-3-2-4-15(26)11-14)20(25)22(30-33)23(27,28)29/h2-6,11-12H,7-10,13H2,1H3. The molecule has 3 aromatic rings. The van der Waals surface area contributed by atoms with E-state index in [4.69, 9.17) is 27.9 Å². The Hall–Kier alpha value is -2.98. The number of methoxy groups -OCH3 is 1. The molecule has 2 heterocycles. The van der Waals surface area contributed by atoms with Gasteiger partial charge in [-0.1, -0.05) is 35.3 Å². The summed E-state index contributed by atoms with van der Waals surface area (Å²) in [7, 11) is 1.52. The van der Waals surface area contributed by atoms with Gasteiger partial charge in [0, 0.05) is 43.5 Å². The van der Waals surface area contributed by atoms with Crippen molar-refractivity contribution in [1.82, 2.24) is 14.7 Å². The number of hydrogen-bond donors (Lipinski definition) is 0. The third-order valence-corrected chi connectivity index (χ3v) is 6.35.